The molecule has 0 spiro atoms. The van der Waals surface area contributed by atoms with E-state index in [1.165, 1.54) is 19.3 Å². The molecule has 54 heavy (non-hydrogen) atoms. The Morgan fingerprint density at radius 1 is 1.11 bits per heavy atom. The van der Waals surface area contributed by atoms with Gasteiger partial charge in [0.2, 0.25) is 0 Å². The number of ether oxygens (including phenoxy) is 5. The molecular formula is C41H56FN3O9. The van der Waals surface area contributed by atoms with Crippen molar-refractivity contribution in [3.8, 4) is 17.9 Å². The highest BCUT2D eigenvalue weighted by atomic mass is 19.1. The monoisotopic (exact) mass is 753 g/mol. The van der Waals surface area contributed by atoms with Gasteiger partial charge in [0.15, 0.2) is 12.1 Å². The molecule has 0 aliphatic carbocycles. The molecule has 1 N–H and O–H groups in total. The van der Waals surface area contributed by atoms with Gasteiger partial charge in [-0.25, -0.2) is 9.18 Å². The minimum absolute atomic E-state index is 0.0253. The molecule has 296 valence electrons. The van der Waals surface area contributed by atoms with Gasteiger partial charge in [-0.05, 0) is 72.7 Å². The molecule has 4 rings (SSSR count). The highest BCUT2D eigenvalue weighted by Gasteiger charge is 2.58. The number of rotatable bonds is 6. The first kappa shape index (κ1) is 43.2. The predicted octanol–water partition coefficient (Wildman–Crippen LogP) is 4.35. The van der Waals surface area contributed by atoms with Crippen LogP contribution < -0.4 is 0 Å². The average Bonchev–Trinajstić information content (AvgIpc) is 3.44. The van der Waals surface area contributed by atoms with Crippen LogP contribution in [0.5, 0.6) is 0 Å². The quantitative estimate of drug-likeness (QED) is 0.190. The van der Waals surface area contributed by atoms with E-state index in [4.69, 9.17) is 23.7 Å². The number of ketones is 2. The van der Waals surface area contributed by atoms with Crippen molar-refractivity contribution in [3.63, 3.8) is 0 Å². The molecule has 3 fully saturated rings. The van der Waals surface area contributed by atoms with Crippen LogP contribution in [0.25, 0.3) is 0 Å². The SMILES string of the molecule is C=C1CO[C@]2(C)C(CC)OC(=O)C(C)(F)C(=O)[C@H](C)[C@@H](O[C@H]3O[C@@H](C)CC(N(C)C)[C@@H]3O)C(C)(OCC#Cc3cncc(C#N)c3)CC(C)C(=O)C(C)C12. The van der Waals surface area contributed by atoms with Crippen LogP contribution >= 0.6 is 0 Å². The summed E-state index contributed by atoms with van der Waals surface area (Å²) >= 11 is 0. The number of cyclic esters (lactones) is 1. The Morgan fingerprint density at radius 3 is 2.41 bits per heavy atom. The van der Waals surface area contributed by atoms with Crippen molar-refractivity contribution in [2.45, 2.75) is 128 Å². The molecule has 0 bridgehead atoms. The zero-order chi connectivity index (χ0) is 40.3. The molecule has 3 aliphatic rings. The van der Waals surface area contributed by atoms with Gasteiger partial charge in [-0.1, -0.05) is 46.1 Å². The number of aromatic nitrogens is 1. The highest BCUT2D eigenvalue weighted by Crippen LogP contribution is 2.47. The lowest BCUT2D eigenvalue weighted by Crippen LogP contribution is -2.61. The molecule has 0 amide bonds. The summed E-state index contributed by atoms with van der Waals surface area (Å²) in [5.74, 6) is -0.226. The van der Waals surface area contributed by atoms with Crippen molar-refractivity contribution >= 4 is 17.5 Å². The average molecular weight is 754 g/mol. The number of aliphatic hydroxyl groups excluding tert-OH is 1. The number of likely N-dealkylation sites (N-methyl/N-ethyl adjacent to an activating group) is 1. The first-order valence-corrected chi connectivity index (χ1v) is 18.6. The Bertz CT molecular complexity index is 1680. The highest BCUT2D eigenvalue weighted by molar-refractivity contribution is 6.07. The van der Waals surface area contributed by atoms with Crippen molar-refractivity contribution in [3.05, 3.63) is 41.7 Å². The number of carbonyl (C=O) groups excluding carboxylic acids is 3. The molecule has 13 atom stereocenters. The molecule has 3 saturated heterocycles. The maximum Gasteiger partial charge on any atom is 0.351 e. The molecule has 1 aromatic heterocycles. The van der Waals surface area contributed by atoms with Crippen LogP contribution in [-0.4, -0.2) is 113 Å². The van der Waals surface area contributed by atoms with Crippen LogP contribution in [0.15, 0.2) is 30.6 Å². The van der Waals surface area contributed by atoms with E-state index in [0.717, 1.165) is 6.92 Å². The first-order chi connectivity index (χ1) is 25.2. The fourth-order valence-corrected chi connectivity index (χ4v) is 8.56. The molecule has 7 unspecified atom stereocenters. The molecule has 4 heterocycles. The lowest BCUT2D eigenvalue weighted by Gasteiger charge is -2.47. The number of hydrogen-bond acceptors (Lipinski definition) is 12. The standard InChI is InChI=1S/C41H56FN3O9/c1-12-31-41(9)32(24(3)22-51-41)26(5)33(46)23(2)18-39(7,50-15-13-14-28-17-29(19-43)21-44-20-28)36(27(6)35(48)40(8,42)38(49)53-31)54-37-34(47)30(45(10)11)16-25(4)52-37/h17,20-21,23,25-27,30-32,34,36-37,47H,3,12,15-16,18,22H2,1-2,4-11H3/t23?,25-,26?,27-,30?,31?,32?,34-,36+,37+,39?,40?,41+/m0/s1. The van der Waals surface area contributed by atoms with Crippen molar-refractivity contribution in [2.24, 2.45) is 23.7 Å². The second kappa shape index (κ2) is 17.1. The van der Waals surface area contributed by atoms with Crippen LogP contribution in [0.3, 0.4) is 0 Å². The van der Waals surface area contributed by atoms with Crippen LogP contribution in [0, 0.1) is 46.8 Å². The smallest absolute Gasteiger partial charge is 0.351 e. The maximum absolute atomic E-state index is 16.8. The number of esters is 1. The van der Waals surface area contributed by atoms with Crippen molar-refractivity contribution < 1.29 is 47.6 Å². The summed E-state index contributed by atoms with van der Waals surface area (Å²) in [6.45, 7) is 16.8. The number of Topliss-reactive ketones (excluding diaryl/α,β-unsaturated/α-hetero) is 2. The van der Waals surface area contributed by atoms with Gasteiger partial charge in [-0.15, -0.1) is 0 Å². The first-order valence-electron chi connectivity index (χ1n) is 18.6. The molecule has 13 heteroatoms. The Hall–Kier alpha value is -3.56. The number of hydrogen-bond donors (Lipinski definition) is 1. The number of alkyl halides is 1. The summed E-state index contributed by atoms with van der Waals surface area (Å²) in [7, 11) is 3.63. The summed E-state index contributed by atoms with van der Waals surface area (Å²) in [5, 5.41) is 20.8. The van der Waals surface area contributed by atoms with E-state index in [0.29, 0.717) is 23.1 Å². The van der Waals surface area contributed by atoms with Crippen molar-refractivity contribution in [1.82, 2.24) is 9.88 Å². The maximum atomic E-state index is 16.8. The van der Waals surface area contributed by atoms with E-state index >= 15 is 4.39 Å². The summed E-state index contributed by atoms with van der Waals surface area (Å²) in [6, 6.07) is 3.21. The molecule has 12 nitrogen and oxygen atoms in total. The van der Waals surface area contributed by atoms with Crippen LogP contribution in [0.2, 0.25) is 0 Å². The Balaban J connectivity index is 1.86. The largest absolute Gasteiger partial charge is 0.457 e. The third-order valence-electron chi connectivity index (χ3n) is 11.5. The van der Waals surface area contributed by atoms with Gasteiger partial charge in [0.05, 0.1) is 30.0 Å². The molecule has 0 saturated carbocycles. The van der Waals surface area contributed by atoms with Crippen LogP contribution in [0.1, 0.15) is 85.8 Å². The summed E-state index contributed by atoms with van der Waals surface area (Å²) in [5.41, 5.74) is -4.51. The molecule has 0 aromatic carbocycles. The van der Waals surface area contributed by atoms with Crippen molar-refractivity contribution in [1.29, 1.82) is 5.26 Å². The zero-order valence-electron chi connectivity index (χ0n) is 33.2. The van der Waals surface area contributed by atoms with E-state index in [-0.39, 0.29) is 44.0 Å². The minimum atomic E-state index is -3.14. The number of nitrogens with zero attached hydrogens (tertiary/aromatic N) is 3. The van der Waals surface area contributed by atoms with Gasteiger partial charge in [-0.3, -0.25) is 14.6 Å². The van der Waals surface area contributed by atoms with Gasteiger partial charge in [-0.2, -0.15) is 5.26 Å². The lowest BCUT2D eigenvalue weighted by molar-refractivity contribution is -0.296. The van der Waals surface area contributed by atoms with E-state index in [9.17, 15) is 24.8 Å². The predicted molar refractivity (Wildman–Crippen MR) is 196 cm³/mol. The third kappa shape index (κ3) is 8.78. The van der Waals surface area contributed by atoms with Crippen LogP contribution in [0.4, 0.5) is 4.39 Å². The van der Waals surface area contributed by atoms with E-state index < -0.39 is 76.9 Å². The number of nitriles is 1. The molecular weight excluding hydrogens is 697 g/mol. The molecule has 1 aromatic rings. The Kier molecular flexibility index (Phi) is 13.6. The topological polar surface area (TPSA) is 158 Å². The van der Waals surface area contributed by atoms with E-state index in [1.807, 2.05) is 32.0 Å². The van der Waals surface area contributed by atoms with Gasteiger partial charge in [0.25, 0.3) is 5.67 Å². The number of halogens is 1. The Morgan fingerprint density at radius 2 is 1.78 bits per heavy atom. The lowest BCUT2D eigenvalue weighted by atomic mass is 9.69. The van der Waals surface area contributed by atoms with E-state index in [2.05, 4.69) is 23.4 Å². The van der Waals surface area contributed by atoms with Gasteiger partial charge < -0.3 is 33.7 Å². The van der Waals surface area contributed by atoms with Crippen LogP contribution in [-0.2, 0) is 38.1 Å². The summed E-state index contributed by atoms with van der Waals surface area (Å²) < 4.78 is 48.0. The fourth-order valence-electron chi connectivity index (χ4n) is 8.56. The second-order valence-electron chi connectivity index (χ2n) is 16.0. The fraction of sp³-hybridized carbons (Fsp3) is 0.683. The Labute approximate surface area is 318 Å². The van der Waals surface area contributed by atoms with Gasteiger partial charge in [0, 0.05) is 47.7 Å². The molecule has 3 aliphatic heterocycles. The summed E-state index contributed by atoms with van der Waals surface area (Å²) in [6.07, 6.45) is -1.63. The number of fused-ring (bicyclic) bond motifs is 1. The van der Waals surface area contributed by atoms with E-state index in [1.54, 1.807) is 40.7 Å². The van der Waals surface area contributed by atoms with Gasteiger partial charge in [0.1, 0.15) is 36.3 Å². The number of pyridine rings is 1. The minimum Gasteiger partial charge on any atom is -0.457 e. The number of carbonyl (C=O) groups is 3. The van der Waals surface area contributed by atoms with Crippen molar-refractivity contribution in [2.75, 3.05) is 27.3 Å². The normalized spacial score (nSPS) is 39.6. The van der Waals surface area contributed by atoms with Gasteiger partial charge >= 0.3 is 5.97 Å². The summed E-state index contributed by atoms with van der Waals surface area (Å²) in [4.78, 5) is 48.4. The second-order valence-corrected chi connectivity index (χ2v) is 16.0. The molecule has 0 radical (unpaired) electrons. The number of aliphatic hydroxyl groups is 1. The zero-order valence-corrected chi connectivity index (χ0v) is 33.2. The third-order valence-corrected chi connectivity index (χ3v) is 11.5.